The fraction of sp³-hybridized carbons (Fsp3) is 0.500. The molecule has 1 aromatic heterocycles. The van der Waals surface area contributed by atoms with Crippen molar-refractivity contribution in [2.24, 2.45) is 5.92 Å². The number of hydrogen-bond acceptors (Lipinski definition) is 1. The van der Waals surface area contributed by atoms with Crippen LogP contribution in [-0.2, 0) is 11.8 Å². The summed E-state index contributed by atoms with van der Waals surface area (Å²) in [6.07, 6.45) is 0.597. The first-order valence-electron chi connectivity index (χ1n) is 9.86. The SMILES string of the molecule is [2H]C([2H])(c1cc(-c2ccc(C(C)(C)C)cc2)nc[c]1[Ge]([CH3])([CH3])[CH3])C(C)C. The van der Waals surface area contributed by atoms with Crippen molar-refractivity contribution < 1.29 is 2.74 Å². The van der Waals surface area contributed by atoms with E-state index in [9.17, 15) is 0 Å². The van der Waals surface area contributed by atoms with Gasteiger partial charge in [0.2, 0.25) is 0 Å². The predicted molar refractivity (Wildman–Crippen MR) is 110 cm³/mol. The van der Waals surface area contributed by atoms with E-state index in [1.165, 1.54) is 9.96 Å². The van der Waals surface area contributed by atoms with Crippen molar-refractivity contribution in [2.45, 2.75) is 63.7 Å². The average molecular weight is 386 g/mol. The van der Waals surface area contributed by atoms with Crippen molar-refractivity contribution in [3.63, 3.8) is 0 Å². The Hall–Kier alpha value is -1.09. The molecular formula is C22H33GeN. The summed E-state index contributed by atoms with van der Waals surface area (Å²) < 4.78 is 18.5. The molecule has 0 fully saturated rings. The van der Waals surface area contributed by atoms with E-state index in [0.29, 0.717) is 0 Å². The minimum absolute atomic E-state index is 0.0792. The van der Waals surface area contributed by atoms with Crippen LogP contribution in [0, 0.1) is 5.92 Å². The molecule has 0 N–H and O–H groups in total. The Morgan fingerprint density at radius 2 is 1.67 bits per heavy atom. The van der Waals surface area contributed by atoms with Crippen LogP contribution in [0.2, 0.25) is 17.3 Å². The van der Waals surface area contributed by atoms with Gasteiger partial charge in [0.15, 0.2) is 0 Å². The molecule has 0 spiro atoms. The molecule has 0 unspecified atom stereocenters. The second kappa shape index (κ2) is 7.03. The Morgan fingerprint density at radius 1 is 1.08 bits per heavy atom. The Bertz CT molecular complexity index is 766. The zero-order chi connectivity index (χ0) is 19.9. The Balaban J connectivity index is 2.59. The molecule has 0 saturated heterocycles. The molecule has 0 aliphatic carbocycles. The molecule has 1 nitrogen and oxygen atoms in total. The Morgan fingerprint density at radius 3 is 2.12 bits per heavy atom. The van der Waals surface area contributed by atoms with Gasteiger partial charge in [-0.25, -0.2) is 0 Å². The standard InChI is InChI=1S/C22H33GeN/c1-16(2)13-18-14-21(24-15-20(18)23(6,7)8)17-9-11-19(12-10-17)22(3,4)5/h9-12,14-16H,13H2,1-8H3/i13D2. The van der Waals surface area contributed by atoms with Crippen molar-refractivity contribution in [1.29, 1.82) is 0 Å². The maximum atomic E-state index is 8.69. The third-order valence-electron chi connectivity index (χ3n) is 4.20. The normalized spacial score (nSPS) is 14.5. The molecule has 0 radical (unpaired) electrons. The van der Waals surface area contributed by atoms with Crippen LogP contribution in [0.15, 0.2) is 36.5 Å². The van der Waals surface area contributed by atoms with Gasteiger partial charge < -0.3 is 0 Å². The fourth-order valence-electron chi connectivity index (χ4n) is 2.78. The molecule has 2 heteroatoms. The first-order chi connectivity index (χ1) is 11.7. The Labute approximate surface area is 154 Å². The number of hydrogen-bond donors (Lipinski definition) is 0. The molecule has 2 rings (SSSR count). The van der Waals surface area contributed by atoms with Crippen LogP contribution >= 0.6 is 0 Å². The van der Waals surface area contributed by atoms with E-state index in [0.717, 1.165) is 16.8 Å². The summed E-state index contributed by atoms with van der Waals surface area (Å²) in [6, 6.07) is 10.5. The van der Waals surface area contributed by atoms with Crippen LogP contribution in [-0.4, -0.2) is 18.3 Å². The number of rotatable bonds is 4. The van der Waals surface area contributed by atoms with E-state index in [1.807, 2.05) is 26.1 Å². The molecule has 0 aliphatic rings. The second-order valence-corrected chi connectivity index (χ2v) is 19.6. The van der Waals surface area contributed by atoms with Gasteiger partial charge in [-0.15, -0.1) is 0 Å². The fourth-order valence-corrected chi connectivity index (χ4v) is 5.73. The third kappa shape index (κ3) is 4.72. The van der Waals surface area contributed by atoms with Gasteiger partial charge in [-0.2, -0.15) is 0 Å². The van der Waals surface area contributed by atoms with Crippen molar-refractivity contribution in [3.05, 3.63) is 47.7 Å². The van der Waals surface area contributed by atoms with Gasteiger partial charge >= 0.3 is 154 Å². The van der Waals surface area contributed by atoms with Gasteiger partial charge in [0.25, 0.3) is 0 Å². The quantitative estimate of drug-likeness (QED) is 0.607. The molecule has 24 heavy (non-hydrogen) atoms. The minimum atomic E-state index is -2.23. The van der Waals surface area contributed by atoms with Crippen molar-refractivity contribution in [3.8, 4) is 11.3 Å². The first-order valence-corrected chi connectivity index (χ1v) is 16.2. The van der Waals surface area contributed by atoms with Crippen LogP contribution in [0.4, 0.5) is 0 Å². The summed E-state index contributed by atoms with van der Waals surface area (Å²) in [7, 11) is 0. The molecule has 0 aliphatic heterocycles. The molecule has 0 atom stereocenters. The van der Waals surface area contributed by atoms with Gasteiger partial charge in [0.1, 0.15) is 0 Å². The molecule has 0 amide bonds. The van der Waals surface area contributed by atoms with Crippen LogP contribution in [0.1, 0.15) is 48.5 Å². The molecule has 1 heterocycles. The van der Waals surface area contributed by atoms with Crippen LogP contribution < -0.4 is 4.40 Å². The van der Waals surface area contributed by atoms with E-state index in [2.05, 4.69) is 62.3 Å². The van der Waals surface area contributed by atoms with Gasteiger partial charge in [-0.3, -0.25) is 0 Å². The van der Waals surface area contributed by atoms with E-state index >= 15 is 0 Å². The van der Waals surface area contributed by atoms with Crippen molar-refractivity contribution in [2.75, 3.05) is 0 Å². The summed E-state index contributed by atoms with van der Waals surface area (Å²) in [5.41, 5.74) is 4.16. The van der Waals surface area contributed by atoms with Gasteiger partial charge in [0, 0.05) is 0 Å². The molecular weight excluding hydrogens is 351 g/mol. The predicted octanol–water partition coefficient (Wildman–Crippen LogP) is 5.79. The number of pyridine rings is 1. The third-order valence-corrected chi connectivity index (χ3v) is 8.43. The maximum absolute atomic E-state index is 8.69. The monoisotopic (exact) mass is 387 g/mol. The molecule has 130 valence electrons. The van der Waals surface area contributed by atoms with E-state index in [1.54, 1.807) is 0 Å². The second-order valence-electron chi connectivity index (χ2n) is 8.99. The van der Waals surface area contributed by atoms with E-state index in [-0.39, 0.29) is 11.3 Å². The Kier molecular flexibility index (Phi) is 4.80. The summed E-state index contributed by atoms with van der Waals surface area (Å²) in [4.78, 5) is 4.72. The molecule has 0 bridgehead atoms. The zero-order valence-corrected chi connectivity index (χ0v) is 18.6. The van der Waals surface area contributed by atoms with Crippen LogP contribution in [0.3, 0.4) is 0 Å². The molecule has 1 aromatic carbocycles. The number of benzene rings is 1. The number of aromatic nitrogens is 1. The van der Waals surface area contributed by atoms with Crippen molar-refractivity contribution >= 4 is 17.7 Å². The zero-order valence-electron chi connectivity index (χ0n) is 18.5. The molecule has 2 aromatic rings. The van der Waals surface area contributed by atoms with Gasteiger partial charge in [-0.1, -0.05) is 0 Å². The molecule has 0 saturated carbocycles. The van der Waals surface area contributed by atoms with Gasteiger partial charge in [0.05, 0.1) is 0 Å². The summed E-state index contributed by atoms with van der Waals surface area (Å²) in [5.74, 6) is 6.82. The van der Waals surface area contributed by atoms with E-state index < -0.39 is 19.6 Å². The average Bonchev–Trinajstić information content (AvgIpc) is 2.52. The van der Waals surface area contributed by atoms with Crippen LogP contribution in [0.5, 0.6) is 0 Å². The topological polar surface area (TPSA) is 12.9 Å². The van der Waals surface area contributed by atoms with Crippen molar-refractivity contribution in [1.82, 2.24) is 4.98 Å². The summed E-state index contributed by atoms with van der Waals surface area (Å²) in [5, 5.41) is 0. The number of nitrogens with zero attached hydrogens (tertiary/aromatic N) is 1. The summed E-state index contributed by atoms with van der Waals surface area (Å²) >= 11 is -2.23. The summed E-state index contributed by atoms with van der Waals surface area (Å²) in [6.45, 7) is 10.5. The van der Waals surface area contributed by atoms with E-state index in [4.69, 9.17) is 7.73 Å². The van der Waals surface area contributed by atoms with Crippen LogP contribution in [0.25, 0.3) is 11.3 Å². The first kappa shape index (κ1) is 16.4. The van der Waals surface area contributed by atoms with Gasteiger partial charge in [-0.05, 0) is 0 Å².